The Hall–Kier alpha value is -2.24. The summed E-state index contributed by atoms with van der Waals surface area (Å²) in [7, 11) is 0. The number of halogens is 1. The average molecular weight is 316 g/mol. The van der Waals surface area contributed by atoms with Crippen LogP contribution in [-0.2, 0) is 13.0 Å². The van der Waals surface area contributed by atoms with Crippen molar-refractivity contribution in [3.8, 4) is 0 Å². The van der Waals surface area contributed by atoms with Crippen LogP contribution in [0.3, 0.4) is 0 Å². The first-order chi connectivity index (χ1) is 11.2. The number of hydrogen-bond donors (Lipinski definition) is 1. The summed E-state index contributed by atoms with van der Waals surface area (Å²) in [6.07, 6.45) is 4.87. The van der Waals surface area contributed by atoms with Crippen molar-refractivity contribution in [2.24, 2.45) is 0 Å². The Morgan fingerprint density at radius 1 is 1.26 bits per heavy atom. The molecule has 23 heavy (non-hydrogen) atoms. The number of aromatic nitrogens is 3. The molecule has 0 unspecified atom stereocenters. The van der Waals surface area contributed by atoms with Gasteiger partial charge in [0, 0.05) is 13.0 Å². The molecule has 6 heteroatoms. The van der Waals surface area contributed by atoms with E-state index in [2.05, 4.69) is 15.5 Å². The molecule has 0 spiro atoms. The van der Waals surface area contributed by atoms with E-state index < -0.39 is 0 Å². The van der Waals surface area contributed by atoms with Gasteiger partial charge in [-0.3, -0.25) is 4.79 Å². The molecule has 2 heterocycles. The largest absolute Gasteiger partial charge is 0.343 e. The Labute approximate surface area is 134 Å². The van der Waals surface area contributed by atoms with Crippen LogP contribution in [0.25, 0.3) is 0 Å². The molecule has 1 aliphatic heterocycles. The van der Waals surface area contributed by atoms with Crippen LogP contribution in [0.15, 0.2) is 24.3 Å². The molecule has 0 fully saturated rings. The molecule has 1 aromatic carbocycles. The molecule has 2 aromatic rings. The molecular weight excluding hydrogens is 295 g/mol. The van der Waals surface area contributed by atoms with Crippen molar-refractivity contribution in [1.82, 2.24) is 20.1 Å². The molecule has 0 radical (unpaired) electrons. The van der Waals surface area contributed by atoms with E-state index in [1.165, 1.54) is 12.1 Å². The highest BCUT2D eigenvalue weighted by Crippen LogP contribution is 2.19. The van der Waals surface area contributed by atoms with Gasteiger partial charge in [0.1, 0.15) is 11.6 Å². The standard InChI is InChI=1S/C17H21FN4O/c1-2-14(12-7-9-13(18)10-8-12)19-17(23)16-21-20-15-6-4-3-5-11-22(15)16/h7-10,14H,2-6,11H2,1H3,(H,19,23)/t14-/m0/s1. The number of rotatable bonds is 4. The Kier molecular flexibility index (Phi) is 4.69. The number of amides is 1. The van der Waals surface area contributed by atoms with E-state index in [0.29, 0.717) is 5.82 Å². The summed E-state index contributed by atoms with van der Waals surface area (Å²) in [5.74, 6) is 0.768. The lowest BCUT2D eigenvalue weighted by Gasteiger charge is -2.17. The first-order valence-corrected chi connectivity index (χ1v) is 8.17. The van der Waals surface area contributed by atoms with Crippen molar-refractivity contribution in [1.29, 1.82) is 0 Å². The second kappa shape index (κ2) is 6.89. The van der Waals surface area contributed by atoms with Gasteiger partial charge >= 0.3 is 0 Å². The van der Waals surface area contributed by atoms with Gasteiger partial charge in [0.05, 0.1) is 6.04 Å². The third-order valence-electron chi connectivity index (χ3n) is 4.30. The maximum absolute atomic E-state index is 13.1. The van der Waals surface area contributed by atoms with Crippen molar-refractivity contribution in [3.05, 3.63) is 47.3 Å². The van der Waals surface area contributed by atoms with Gasteiger partial charge in [-0.1, -0.05) is 25.5 Å². The number of fused-ring (bicyclic) bond motifs is 1. The van der Waals surface area contributed by atoms with Crippen molar-refractivity contribution in [2.45, 2.75) is 51.6 Å². The van der Waals surface area contributed by atoms with Crippen LogP contribution in [0.1, 0.15) is 60.7 Å². The van der Waals surface area contributed by atoms with Crippen LogP contribution in [-0.4, -0.2) is 20.7 Å². The van der Waals surface area contributed by atoms with Crippen LogP contribution < -0.4 is 5.32 Å². The van der Waals surface area contributed by atoms with Gasteiger partial charge in [-0.2, -0.15) is 0 Å². The minimum Gasteiger partial charge on any atom is -0.343 e. The molecular formula is C17H21FN4O. The van der Waals surface area contributed by atoms with E-state index >= 15 is 0 Å². The quantitative estimate of drug-likeness (QED) is 0.943. The van der Waals surface area contributed by atoms with Gasteiger partial charge in [0.15, 0.2) is 0 Å². The topological polar surface area (TPSA) is 59.8 Å². The van der Waals surface area contributed by atoms with E-state index in [1.807, 2.05) is 11.5 Å². The molecule has 0 saturated heterocycles. The molecule has 1 amide bonds. The summed E-state index contributed by atoms with van der Waals surface area (Å²) in [6, 6.07) is 6.06. The zero-order valence-corrected chi connectivity index (χ0v) is 13.3. The molecule has 0 saturated carbocycles. The predicted octanol–water partition coefficient (Wildman–Crippen LogP) is 3.02. The van der Waals surface area contributed by atoms with Gasteiger partial charge in [-0.15, -0.1) is 10.2 Å². The molecule has 0 aliphatic carbocycles. The molecule has 1 N–H and O–H groups in total. The van der Waals surface area contributed by atoms with Gasteiger partial charge in [0.2, 0.25) is 5.82 Å². The van der Waals surface area contributed by atoms with E-state index in [-0.39, 0.29) is 17.8 Å². The SMILES string of the molecule is CC[C@H](NC(=O)c1nnc2n1CCCCC2)c1ccc(F)cc1. The summed E-state index contributed by atoms with van der Waals surface area (Å²) < 4.78 is 15.0. The Morgan fingerprint density at radius 2 is 2.04 bits per heavy atom. The van der Waals surface area contributed by atoms with Crippen LogP contribution in [0.2, 0.25) is 0 Å². The summed E-state index contributed by atoms with van der Waals surface area (Å²) in [4.78, 5) is 12.6. The minimum absolute atomic E-state index is 0.165. The lowest BCUT2D eigenvalue weighted by Crippen LogP contribution is -2.30. The highest BCUT2D eigenvalue weighted by Gasteiger charge is 2.22. The molecule has 1 atom stereocenters. The van der Waals surface area contributed by atoms with Crippen molar-refractivity contribution < 1.29 is 9.18 Å². The van der Waals surface area contributed by atoms with Crippen molar-refractivity contribution in [2.75, 3.05) is 0 Å². The third-order valence-corrected chi connectivity index (χ3v) is 4.30. The first-order valence-electron chi connectivity index (χ1n) is 8.17. The van der Waals surface area contributed by atoms with E-state index in [0.717, 1.165) is 50.0 Å². The van der Waals surface area contributed by atoms with Crippen LogP contribution in [0.5, 0.6) is 0 Å². The summed E-state index contributed by atoms with van der Waals surface area (Å²) >= 11 is 0. The van der Waals surface area contributed by atoms with Crippen LogP contribution >= 0.6 is 0 Å². The Morgan fingerprint density at radius 3 is 2.78 bits per heavy atom. The lowest BCUT2D eigenvalue weighted by atomic mass is 10.0. The predicted molar refractivity (Wildman–Crippen MR) is 84.5 cm³/mol. The second-order valence-electron chi connectivity index (χ2n) is 5.89. The third kappa shape index (κ3) is 3.41. The maximum Gasteiger partial charge on any atom is 0.289 e. The zero-order valence-electron chi connectivity index (χ0n) is 13.3. The molecule has 5 nitrogen and oxygen atoms in total. The smallest absolute Gasteiger partial charge is 0.289 e. The van der Waals surface area contributed by atoms with E-state index in [4.69, 9.17) is 0 Å². The average Bonchev–Trinajstić information content (AvgIpc) is 2.82. The number of carbonyl (C=O) groups is 1. The van der Waals surface area contributed by atoms with Gasteiger partial charge in [0.25, 0.3) is 5.91 Å². The molecule has 3 rings (SSSR count). The maximum atomic E-state index is 13.1. The minimum atomic E-state index is -0.280. The monoisotopic (exact) mass is 316 g/mol. The summed E-state index contributed by atoms with van der Waals surface area (Å²) in [5.41, 5.74) is 0.887. The van der Waals surface area contributed by atoms with Crippen molar-refractivity contribution in [3.63, 3.8) is 0 Å². The highest BCUT2D eigenvalue weighted by atomic mass is 19.1. The summed E-state index contributed by atoms with van der Waals surface area (Å²) in [6.45, 7) is 2.77. The number of carbonyl (C=O) groups excluding carboxylic acids is 1. The number of benzene rings is 1. The Balaban J connectivity index is 1.78. The fraction of sp³-hybridized carbons (Fsp3) is 0.471. The van der Waals surface area contributed by atoms with E-state index in [1.54, 1.807) is 12.1 Å². The van der Waals surface area contributed by atoms with Crippen molar-refractivity contribution >= 4 is 5.91 Å². The lowest BCUT2D eigenvalue weighted by molar-refractivity contribution is 0.0920. The molecule has 0 bridgehead atoms. The molecule has 1 aromatic heterocycles. The zero-order chi connectivity index (χ0) is 16.2. The van der Waals surface area contributed by atoms with E-state index in [9.17, 15) is 9.18 Å². The first kappa shape index (κ1) is 15.6. The number of hydrogen-bond acceptors (Lipinski definition) is 3. The van der Waals surface area contributed by atoms with Gasteiger partial charge < -0.3 is 9.88 Å². The van der Waals surface area contributed by atoms with Gasteiger partial charge in [-0.05, 0) is 37.0 Å². The van der Waals surface area contributed by atoms with Crippen LogP contribution in [0.4, 0.5) is 4.39 Å². The van der Waals surface area contributed by atoms with Gasteiger partial charge in [-0.25, -0.2) is 4.39 Å². The normalized spacial score (nSPS) is 15.6. The fourth-order valence-electron chi connectivity index (χ4n) is 2.99. The summed E-state index contributed by atoms with van der Waals surface area (Å²) in [5, 5.41) is 11.2. The second-order valence-corrected chi connectivity index (χ2v) is 5.89. The number of nitrogens with one attached hydrogen (secondary N) is 1. The fourth-order valence-corrected chi connectivity index (χ4v) is 2.99. The highest BCUT2D eigenvalue weighted by molar-refractivity contribution is 5.91. The van der Waals surface area contributed by atoms with Crippen LogP contribution in [0, 0.1) is 5.82 Å². The molecule has 1 aliphatic rings. The number of aryl methyl sites for hydroxylation is 1. The molecule has 122 valence electrons. The Bertz CT molecular complexity index is 680. The number of nitrogens with zero attached hydrogens (tertiary/aromatic N) is 3.